The number of nitrogens with one attached hydrogen (secondary N) is 1. The van der Waals surface area contributed by atoms with Gasteiger partial charge in [0, 0.05) is 10.9 Å². The van der Waals surface area contributed by atoms with Crippen LogP contribution in [0, 0.1) is 0 Å². The topological polar surface area (TPSA) is 47.0 Å². The van der Waals surface area contributed by atoms with E-state index in [0.29, 0.717) is 12.0 Å². The van der Waals surface area contributed by atoms with Gasteiger partial charge in [0.15, 0.2) is 0 Å². The highest BCUT2D eigenvalue weighted by atomic mass is 19.4. The normalized spacial score (nSPS) is 16.7. The molecule has 2 aromatic carbocycles. The Labute approximate surface area is 135 Å². The van der Waals surface area contributed by atoms with Crippen LogP contribution in [0.2, 0.25) is 0 Å². The van der Waals surface area contributed by atoms with Crippen molar-refractivity contribution in [3.05, 3.63) is 59.9 Å². The lowest BCUT2D eigenvalue weighted by Crippen LogP contribution is -2.17. The van der Waals surface area contributed by atoms with Crippen molar-refractivity contribution in [2.45, 2.75) is 12.2 Å². The second-order valence-electron chi connectivity index (χ2n) is 5.46. The van der Waals surface area contributed by atoms with Gasteiger partial charge in [0.05, 0.1) is 11.6 Å². The zero-order chi connectivity index (χ0) is 16.7. The molecule has 3 aromatic rings. The molecule has 122 valence electrons. The lowest BCUT2D eigenvalue weighted by atomic mass is 10.1. The number of rotatable bonds is 2. The Morgan fingerprint density at radius 1 is 1.00 bits per heavy atom. The van der Waals surface area contributed by atoms with Crippen molar-refractivity contribution in [1.82, 2.24) is 9.97 Å². The van der Waals surface area contributed by atoms with E-state index >= 15 is 0 Å². The molecule has 1 atom stereocenters. The van der Waals surface area contributed by atoms with E-state index < -0.39 is 12.0 Å². The second-order valence-corrected chi connectivity index (χ2v) is 5.46. The predicted octanol–water partition coefficient (Wildman–Crippen LogP) is 4.19. The van der Waals surface area contributed by atoms with Crippen molar-refractivity contribution >= 4 is 16.7 Å². The molecule has 0 amide bonds. The van der Waals surface area contributed by atoms with Gasteiger partial charge in [-0.3, -0.25) is 0 Å². The van der Waals surface area contributed by atoms with Gasteiger partial charge in [-0.1, -0.05) is 30.3 Å². The standard InChI is InChI=1S/C17H12F3N3O/c18-17(19,20)16-22-12-7-3-1-6-11(12)15(23-16)21-13-9-24-14-8-4-2-5-10(13)14/h1-8,13H,9H2,(H,21,22,23). The highest BCUT2D eigenvalue weighted by Crippen LogP contribution is 2.36. The first-order chi connectivity index (χ1) is 11.5. The highest BCUT2D eigenvalue weighted by Gasteiger charge is 2.36. The number of nitrogens with zero attached hydrogens (tertiary/aromatic N) is 2. The van der Waals surface area contributed by atoms with E-state index in [0.717, 1.165) is 11.3 Å². The van der Waals surface area contributed by atoms with Crippen LogP contribution in [0.1, 0.15) is 17.4 Å². The molecule has 7 heteroatoms. The van der Waals surface area contributed by atoms with Gasteiger partial charge in [0.2, 0.25) is 5.82 Å². The van der Waals surface area contributed by atoms with Crippen LogP contribution < -0.4 is 10.1 Å². The van der Waals surface area contributed by atoms with Crippen LogP contribution in [-0.2, 0) is 6.18 Å². The summed E-state index contributed by atoms with van der Waals surface area (Å²) in [6.07, 6.45) is -4.61. The summed E-state index contributed by atoms with van der Waals surface area (Å²) in [5.74, 6) is -0.279. The second kappa shape index (κ2) is 5.36. The molecule has 0 bridgehead atoms. The van der Waals surface area contributed by atoms with Gasteiger partial charge in [-0.25, -0.2) is 9.97 Å². The SMILES string of the molecule is FC(F)(F)c1nc(NC2COc3ccccc32)c2ccccc2n1. The minimum Gasteiger partial charge on any atom is -0.491 e. The first kappa shape index (κ1) is 14.7. The molecular weight excluding hydrogens is 319 g/mol. The molecular formula is C17H12F3N3O. The quantitative estimate of drug-likeness (QED) is 0.765. The van der Waals surface area contributed by atoms with Crippen LogP contribution in [0.4, 0.5) is 19.0 Å². The van der Waals surface area contributed by atoms with E-state index in [4.69, 9.17) is 4.74 Å². The van der Waals surface area contributed by atoms with E-state index in [-0.39, 0.29) is 17.4 Å². The molecule has 1 N–H and O–H groups in total. The van der Waals surface area contributed by atoms with Crippen LogP contribution in [0.15, 0.2) is 48.5 Å². The average molecular weight is 331 g/mol. The van der Waals surface area contributed by atoms with E-state index in [9.17, 15) is 13.2 Å². The zero-order valence-electron chi connectivity index (χ0n) is 12.3. The highest BCUT2D eigenvalue weighted by molar-refractivity contribution is 5.89. The Hall–Kier alpha value is -2.83. The molecule has 24 heavy (non-hydrogen) atoms. The summed E-state index contributed by atoms with van der Waals surface area (Å²) in [7, 11) is 0. The first-order valence-corrected chi connectivity index (χ1v) is 7.34. The molecule has 1 aromatic heterocycles. The van der Waals surface area contributed by atoms with Crippen LogP contribution >= 0.6 is 0 Å². The van der Waals surface area contributed by atoms with Gasteiger partial charge in [-0.15, -0.1) is 0 Å². The minimum atomic E-state index is -4.61. The van der Waals surface area contributed by atoms with Gasteiger partial charge in [0.25, 0.3) is 0 Å². The molecule has 4 rings (SSSR count). The van der Waals surface area contributed by atoms with Gasteiger partial charge in [-0.05, 0) is 18.2 Å². The number of anilines is 1. The van der Waals surface area contributed by atoms with Gasteiger partial charge in [0.1, 0.15) is 18.2 Å². The molecule has 0 saturated carbocycles. The van der Waals surface area contributed by atoms with Crippen LogP contribution in [-0.4, -0.2) is 16.6 Å². The number of aromatic nitrogens is 2. The molecule has 0 aliphatic carbocycles. The molecule has 2 heterocycles. The fraction of sp³-hybridized carbons (Fsp3) is 0.176. The summed E-state index contributed by atoms with van der Waals surface area (Å²) in [4.78, 5) is 7.32. The van der Waals surface area contributed by atoms with Crippen molar-refractivity contribution in [3.63, 3.8) is 0 Å². The Bertz CT molecular complexity index is 911. The lowest BCUT2D eigenvalue weighted by molar-refractivity contribution is -0.144. The number of alkyl halides is 3. The summed E-state index contributed by atoms with van der Waals surface area (Å²) in [5, 5.41) is 3.61. The molecule has 0 fully saturated rings. The number of benzene rings is 2. The van der Waals surface area contributed by atoms with Crippen molar-refractivity contribution in [2.75, 3.05) is 11.9 Å². The number of hydrogen-bond donors (Lipinski definition) is 1. The molecule has 1 aliphatic heterocycles. The number of halogens is 3. The Kier molecular flexibility index (Phi) is 3.30. The molecule has 0 radical (unpaired) electrons. The third-order valence-corrected chi connectivity index (χ3v) is 3.87. The Morgan fingerprint density at radius 2 is 1.75 bits per heavy atom. The van der Waals surface area contributed by atoms with E-state index in [1.807, 2.05) is 24.3 Å². The maximum Gasteiger partial charge on any atom is 0.451 e. The maximum atomic E-state index is 13.1. The summed E-state index contributed by atoms with van der Waals surface area (Å²) < 4.78 is 44.8. The van der Waals surface area contributed by atoms with E-state index in [1.54, 1.807) is 18.2 Å². The largest absolute Gasteiger partial charge is 0.491 e. The zero-order valence-corrected chi connectivity index (χ0v) is 12.3. The average Bonchev–Trinajstić information content (AvgIpc) is 2.97. The fourth-order valence-electron chi connectivity index (χ4n) is 2.76. The number of fused-ring (bicyclic) bond motifs is 2. The third kappa shape index (κ3) is 2.51. The van der Waals surface area contributed by atoms with E-state index in [1.165, 1.54) is 6.07 Å². The molecule has 0 spiro atoms. The van der Waals surface area contributed by atoms with Crippen LogP contribution in [0.3, 0.4) is 0 Å². The summed E-state index contributed by atoms with van der Waals surface area (Å²) in [6, 6.07) is 13.8. The first-order valence-electron chi connectivity index (χ1n) is 7.34. The number of para-hydroxylation sites is 2. The summed E-state index contributed by atoms with van der Waals surface area (Å²) in [5.41, 5.74) is 1.14. The van der Waals surface area contributed by atoms with Crippen LogP contribution in [0.25, 0.3) is 10.9 Å². The third-order valence-electron chi connectivity index (χ3n) is 3.87. The van der Waals surface area contributed by atoms with Gasteiger partial charge < -0.3 is 10.1 Å². The smallest absolute Gasteiger partial charge is 0.451 e. The summed E-state index contributed by atoms with van der Waals surface area (Å²) >= 11 is 0. The van der Waals surface area contributed by atoms with E-state index in [2.05, 4.69) is 15.3 Å². The monoisotopic (exact) mass is 331 g/mol. The van der Waals surface area contributed by atoms with Crippen molar-refractivity contribution in [1.29, 1.82) is 0 Å². The Morgan fingerprint density at radius 3 is 2.58 bits per heavy atom. The molecule has 1 aliphatic rings. The molecule has 1 unspecified atom stereocenters. The number of hydrogen-bond acceptors (Lipinski definition) is 4. The van der Waals surface area contributed by atoms with Crippen molar-refractivity contribution in [2.24, 2.45) is 0 Å². The Balaban J connectivity index is 1.79. The minimum absolute atomic E-state index is 0.151. The lowest BCUT2D eigenvalue weighted by Gasteiger charge is -2.16. The fourth-order valence-corrected chi connectivity index (χ4v) is 2.76. The maximum absolute atomic E-state index is 13.1. The number of ether oxygens (including phenoxy) is 1. The van der Waals surface area contributed by atoms with Crippen molar-refractivity contribution < 1.29 is 17.9 Å². The molecule has 0 saturated heterocycles. The van der Waals surface area contributed by atoms with Crippen molar-refractivity contribution in [3.8, 4) is 5.75 Å². The van der Waals surface area contributed by atoms with Gasteiger partial charge in [-0.2, -0.15) is 13.2 Å². The molecule has 4 nitrogen and oxygen atoms in total. The van der Waals surface area contributed by atoms with Crippen LogP contribution in [0.5, 0.6) is 5.75 Å². The summed E-state index contributed by atoms with van der Waals surface area (Å²) in [6.45, 7) is 0.332. The predicted molar refractivity (Wildman–Crippen MR) is 82.8 cm³/mol. The van der Waals surface area contributed by atoms with Gasteiger partial charge >= 0.3 is 6.18 Å².